The van der Waals surface area contributed by atoms with Gasteiger partial charge in [0.05, 0.1) is 6.26 Å². The van der Waals surface area contributed by atoms with E-state index in [-0.39, 0.29) is 18.3 Å². The van der Waals surface area contributed by atoms with Gasteiger partial charge in [-0.25, -0.2) is 0 Å². The Hall–Kier alpha value is -2.70. The number of benzene rings is 2. The van der Waals surface area contributed by atoms with Crippen LogP contribution in [-0.2, 0) is 13.2 Å². The quantitative estimate of drug-likeness (QED) is 0.583. The number of para-hydroxylation sites is 1. The summed E-state index contributed by atoms with van der Waals surface area (Å²) in [5.41, 5.74) is 3.76. The summed E-state index contributed by atoms with van der Waals surface area (Å²) in [6, 6.07) is 17.6. The van der Waals surface area contributed by atoms with E-state index in [9.17, 15) is 4.79 Å². The minimum atomic E-state index is -0.263. The third-order valence-electron chi connectivity index (χ3n) is 5.15. The Labute approximate surface area is 181 Å². The Balaban J connectivity index is 1.42. The molecular formula is C24H26N2O3S. The second-order valence-corrected chi connectivity index (χ2v) is 8.59. The van der Waals surface area contributed by atoms with E-state index in [1.165, 1.54) is 23.3 Å². The van der Waals surface area contributed by atoms with E-state index < -0.39 is 0 Å². The van der Waals surface area contributed by atoms with Crippen LogP contribution in [0.1, 0.15) is 27.2 Å². The summed E-state index contributed by atoms with van der Waals surface area (Å²) in [6.07, 6.45) is 1.52. The van der Waals surface area contributed by atoms with Crippen molar-refractivity contribution in [1.29, 1.82) is 0 Å². The van der Waals surface area contributed by atoms with Gasteiger partial charge in [0.25, 0.3) is 5.91 Å². The Morgan fingerprint density at radius 2 is 1.93 bits per heavy atom. The zero-order valence-electron chi connectivity index (χ0n) is 17.1. The minimum Gasteiger partial charge on any atom is -0.489 e. The van der Waals surface area contributed by atoms with Gasteiger partial charge in [-0.15, -0.1) is 0 Å². The molecule has 2 heterocycles. The van der Waals surface area contributed by atoms with Crippen LogP contribution in [0.25, 0.3) is 0 Å². The van der Waals surface area contributed by atoms with Crippen molar-refractivity contribution in [1.82, 2.24) is 4.90 Å². The van der Waals surface area contributed by atoms with Gasteiger partial charge < -0.3 is 14.5 Å². The molecular weight excluding hydrogens is 396 g/mol. The number of carbonyl (C=O) groups excluding carboxylic acids is 1. The third-order valence-corrected chi connectivity index (χ3v) is 6.09. The molecule has 1 aromatic heterocycles. The Morgan fingerprint density at radius 1 is 1.13 bits per heavy atom. The summed E-state index contributed by atoms with van der Waals surface area (Å²) in [5, 5.41) is 3.02. The topological polar surface area (TPSA) is 54.7 Å². The van der Waals surface area contributed by atoms with Gasteiger partial charge in [-0.3, -0.25) is 9.69 Å². The number of aryl methyl sites for hydroxylation is 1. The summed E-state index contributed by atoms with van der Waals surface area (Å²) >= 11 is 2.01. The molecule has 2 aromatic carbocycles. The van der Waals surface area contributed by atoms with Crippen LogP contribution in [0.3, 0.4) is 0 Å². The molecule has 1 saturated heterocycles. The van der Waals surface area contributed by atoms with Crippen LogP contribution in [-0.4, -0.2) is 35.4 Å². The molecule has 1 aliphatic rings. The standard InChI is InChI=1S/C24H26N2O3S/c1-18-7-8-19(16-26-10-13-30-14-11-26)15-22(18)25-24(27)23-20(9-12-28-23)17-29-21-5-3-2-4-6-21/h2-9,12,15H,10-11,13-14,16-17H2,1H3,(H,25,27). The molecule has 156 valence electrons. The number of nitrogens with one attached hydrogen (secondary N) is 1. The lowest BCUT2D eigenvalue weighted by Gasteiger charge is -2.26. The van der Waals surface area contributed by atoms with E-state index in [0.717, 1.165) is 42.2 Å². The Morgan fingerprint density at radius 3 is 2.73 bits per heavy atom. The number of furan rings is 1. The fraction of sp³-hybridized carbons (Fsp3) is 0.292. The van der Waals surface area contributed by atoms with Gasteiger partial charge in [-0.1, -0.05) is 30.3 Å². The highest BCUT2D eigenvalue weighted by molar-refractivity contribution is 7.99. The van der Waals surface area contributed by atoms with E-state index >= 15 is 0 Å². The molecule has 0 atom stereocenters. The lowest BCUT2D eigenvalue weighted by atomic mass is 10.1. The smallest absolute Gasteiger partial charge is 0.291 e. The fourth-order valence-corrected chi connectivity index (χ4v) is 4.40. The number of hydrogen-bond acceptors (Lipinski definition) is 5. The van der Waals surface area contributed by atoms with Gasteiger partial charge in [-0.2, -0.15) is 11.8 Å². The normalized spacial score (nSPS) is 14.4. The summed E-state index contributed by atoms with van der Waals surface area (Å²) in [4.78, 5) is 15.3. The minimum absolute atomic E-state index is 0.263. The zero-order valence-corrected chi connectivity index (χ0v) is 17.9. The van der Waals surface area contributed by atoms with Crippen molar-refractivity contribution in [2.45, 2.75) is 20.1 Å². The molecule has 1 fully saturated rings. The molecule has 5 nitrogen and oxygen atoms in total. The number of rotatable bonds is 7. The molecule has 1 amide bonds. The van der Waals surface area contributed by atoms with Gasteiger partial charge in [0.2, 0.25) is 0 Å². The Bertz CT molecular complexity index is 981. The Kier molecular flexibility index (Phi) is 6.77. The van der Waals surface area contributed by atoms with Crippen LogP contribution in [0.5, 0.6) is 5.75 Å². The average molecular weight is 423 g/mol. The van der Waals surface area contributed by atoms with Gasteiger partial charge in [0.15, 0.2) is 5.76 Å². The monoisotopic (exact) mass is 422 g/mol. The lowest BCUT2D eigenvalue weighted by molar-refractivity contribution is 0.0993. The van der Waals surface area contributed by atoms with Crippen LogP contribution in [0, 0.1) is 6.92 Å². The van der Waals surface area contributed by atoms with Crippen LogP contribution >= 0.6 is 11.8 Å². The summed E-state index contributed by atoms with van der Waals surface area (Å²) < 4.78 is 11.2. The van der Waals surface area contributed by atoms with E-state index in [0.29, 0.717) is 0 Å². The van der Waals surface area contributed by atoms with E-state index in [1.54, 1.807) is 6.07 Å². The first kappa shape index (κ1) is 20.6. The molecule has 0 unspecified atom stereocenters. The van der Waals surface area contributed by atoms with Gasteiger partial charge >= 0.3 is 0 Å². The van der Waals surface area contributed by atoms with E-state index in [4.69, 9.17) is 9.15 Å². The molecule has 1 aliphatic heterocycles. The largest absolute Gasteiger partial charge is 0.489 e. The van der Waals surface area contributed by atoms with Crippen LogP contribution in [0.4, 0.5) is 5.69 Å². The van der Waals surface area contributed by atoms with Crippen LogP contribution in [0.15, 0.2) is 65.3 Å². The number of thioether (sulfide) groups is 1. The summed E-state index contributed by atoms with van der Waals surface area (Å²) in [7, 11) is 0. The van der Waals surface area contributed by atoms with Crippen molar-refractivity contribution in [3.63, 3.8) is 0 Å². The molecule has 0 radical (unpaired) electrons. The fourth-order valence-electron chi connectivity index (χ4n) is 3.43. The van der Waals surface area contributed by atoms with Crippen molar-refractivity contribution in [2.75, 3.05) is 29.9 Å². The second kappa shape index (κ2) is 9.87. The molecule has 4 rings (SSSR count). The van der Waals surface area contributed by atoms with Crippen molar-refractivity contribution in [2.24, 2.45) is 0 Å². The van der Waals surface area contributed by atoms with Gasteiger partial charge in [-0.05, 0) is 42.3 Å². The highest BCUT2D eigenvalue weighted by atomic mass is 32.2. The molecule has 0 spiro atoms. The molecule has 1 N–H and O–H groups in total. The number of hydrogen-bond donors (Lipinski definition) is 1. The molecule has 0 bridgehead atoms. The van der Waals surface area contributed by atoms with Gasteiger partial charge in [0.1, 0.15) is 12.4 Å². The predicted molar refractivity (Wildman–Crippen MR) is 121 cm³/mol. The van der Waals surface area contributed by atoms with E-state index in [2.05, 4.69) is 28.4 Å². The summed E-state index contributed by atoms with van der Waals surface area (Å²) in [5.74, 6) is 3.14. The molecule has 30 heavy (non-hydrogen) atoms. The summed E-state index contributed by atoms with van der Waals surface area (Å²) in [6.45, 7) is 5.39. The van der Waals surface area contributed by atoms with Crippen molar-refractivity contribution in [3.8, 4) is 5.75 Å². The highest BCUT2D eigenvalue weighted by Crippen LogP contribution is 2.22. The number of nitrogens with zero attached hydrogens (tertiary/aromatic N) is 1. The van der Waals surface area contributed by atoms with Gasteiger partial charge in [0, 0.05) is 42.4 Å². The zero-order chi connectivity index (χ0) is 20.8. The van der Waals surface area contributed by atoms with Crippen LogP contribution < -0.4 is 10.1 Å². The molecule has 0 saturated carbocycles. The lowest BCUT2D eigenvalue weighted by Crippen LogP contribution is -2.32. The first-order chi connectivity index (χ1) is 14.7. The van der Waals surface area contributed by atoms with Crippen molar-refractivity contribution < 1.29 is 13.9 Å². The number of ether oxygens (including phenoxy) is 1. The van der Waals surface area contributed by atoms with Crippen LogP contribution in [0.2, 0.25) is 0 Å². The number of carbonyl (C=O) groups is 1. The van der Waals surface area contributed by atoms with E-state index in [1.807, 2.05) is 49.0 Å². The first-order valence-electron chi connectivity index (χ1n) is 10.1. The second-order valence-electron chi connectivity index (χ2n) is 7.37. The third kappa shape index (κ3) is 5.26. The maximum atomic E-state index is 12.9. The van der Waals surface area contributed by atoms with Crippen molar-refractivity contribution in [3.05, 3.63) is 83.3 Å². The maximum absolute atomic E-state index is 12.9. The highest BCUT2D eigenvalue weighted by Gasteiger charge is 2.18. The molecule has 6 heteroatoms. The van der Waals surface area contributed by atoms with Crippen molar-refractivity contribution >= 4 is 23.4 Å². The maximum Gasteiger partial charge on any atom is 0.291 e. The number of amides is 1. The average Bonchev–Trinajstić information content (AvgIpc) is 3.25. The molecule has 0 aliphatic carbocycles. The predicted octanol–water partition coefficient (Wildman–Crippen LogP) is 4.97. The SMILES string of the molecule is Cc1ccc(CN2CCSCC2)cc1NC(=O)c1occc1COc1ccccc1. The first-order valence-corrected chi connectivity index (χ1v) is 11.3. The molecule has 3 aromatic rings. The number of anilines is 1.